The minimum Gasteiger partial charge on any atom is -0.461 e. The Balaban J connectivity index is 1.39. The number of furan rings is 1. The van der Waals surface area contributed by atoms with E-state index in [1.165, 1.54) is 23.2 Å². The largest absolute Gasteiger partial charge is 0.461 e. The highest BCUT2D eigenvalue weighted by Crippen LogP contribution is 2.23. The highest BCUT2D eigenvalue weighted by atomic mass is 16.3. The molecule has 0 spiro atoms. The maximum Gasteiger partial charge on any atom is 0.271 e. The van der Waals surface area contributed by atoms with Crippen LogP contribution in [0.2, 0.25) is 0 Å². The van der Waals surface area contributed by atoms with E-state index in [9.17, 15) is 19.2 Å². The number of fused-ring (bicyclic) bond motifs is 1. The number of amides is 4. The van der Waals surface area contributed by atoms with Crippen LogP contribution in [0.15, 0.2) is 52.0 Å². The summed E-state index contributed by atoms with van der Waals surface area (Å²) in [7, 11) is 3.25. The summed E-state index contributed by atoms with van der Waals surface area (Å²) in [5.74, 6) is -0.228. The molecule has 0 radical (unpaired) electrons. The molecule has 2 aliphatic rings. The number of rotatable bonds is 6. The van der Waals surface area contributed by atoms with Gasteiger partial charge in [0.15, 0.2) is 0 Å². The van der Waals surface area contributed by atoms with E-state index in [0.29, 0.717) is 25.2 Å². The molecule has 12 heteroatoms. The number of aromatic nitrogens is 1. The Bertz CT molecular complexity index is 1580. The summed E-state index contributed by atoms with van der Waals surface area (Å²) in [4.78, 5) is 66.0. The van der Waals surface area contributed by atoms with Gasteiger partial charge in [-0.2, -0.15) is 0 Å². The van der Waals surface area contributed by atoms with Gasteiger partial charge in [-0.3, -0.25) is 29.5 Å². The first-order valence-corrected chi connectivity index (χ1v) is 15.0. The van der Waals surface area contributed by atoms with Crippen LogP contribution in [0.4, 0.5) is 5.69 Å². The van der Waals surface area contributed by atoms with E-state index in [1.54, 1.807) is 25.1 Å². The Labute approximate surface area is 256 Å². The van der Waals surface area contributed by atoms with Crippen LogP contribution in [0.25, 0.3) is 11.0 Å². The van der Waals surface area contributed by atoms with Crippen molar-refractivity contribution >= 4 is 46.2 Å². The topological polar surface area (TPSA) is 140 Å². The maximum absolute atomic E-state index is 13.7. The highest BCUT2D eigenvalue weighted by molar-refractivity contribution is 6.11. The number of anilines is 1. The molecule has 2 fully saturated rings. The molecule has 3 aromatic rings. The average Bonchev–Trinajstić information content (AvgIpc) is 3.56. The summed E-state index contributed by atoms with van der Waals surface area (Å²) in [5.41, 5.74) is 1.79. The van der Waals surface area contributed by atoms with Crippen LogP contribution in [-0.4, -0.2) is 95.1 Å². The van der Waals surface area contributed by atoms with Crippen LogP contribution in [-0.2, 0) is 9.59 Å². The molecule has 2 saturated heterocycles. The van der Waals surface area contributed by atoms with Crippen LogP contribution in [0, 0.1) is 6.92 Å². The number of guanidine groups is 1. The average molecular weight is 602 g/mol. The monoisotopic (exact) mass is 601 g/mol. The zero-order valence-corrected chi connectivity index (χ0v) is 25.6. The molecule has 4 amide bonds. The lowest BCUT2D eigenvalue weighted by atomic mass is 10.1. The fourth-order valence-corrected chi connectivity index (χ4v) is 5.63. The second-order valence-electron chi connectivity index (χ2n) is 11.6. The van der Waals surface area contributed by atoms with E-state index < -0.39 is 11.9 Å². The van der Waals surface area contributed by atoms with Crippen molar-refractivity contribution in [3.05, 3.63) is 59.6 Å². The molecule has 2 aromatic heterocycles. The van der Waals surface area contributed by atoms with E-state index in [0.717, 1.165) is 42.4 Å². The van der Waals surface area contributed by atoms with Gasteiger partial charge in [0.1, 0.15) is 23.1 Å². The molecule has 44 heavy (non-hydrogen) atoms. The van der Waals surface area contributed by atoms with Crippen LogP contribution in [0.3, 0.4) is 0 Å². The normalized spacial score (nSPS) is 19.2. The van der Waals surface area contributed by atoms with Crippen LogP contribution in [0.5, 0.6) is 0 Å². The molecule has 2 atom stereocenters. The Morgan fingerprint density at radius 1 is 1.07 bits per heavy atom. The number of likely N-dealkylation sites (tertiary alicyclic amines) is 2. The van der Waals surface area contributed by atoms with E-state index in [1.807, 2.05) is 36.9 Å². The summed E-state index contributed by atoms with van der Waals surface area (Å²) < 4.78 is 5.68. The van der Waals surface area contributed by atoms with Crippen molar-refractivity contribution < 1.29 is 23.6 Å². The predicted molar refractivity (Wildman–Crippen MR) is 166 cm³/mol. The van der Waals surface area contributed by atoms with E-state index in [-0.39, 0.29) is 47.5 Å². The Morgan fingerprint density at radius 2 is 1.89 bits per heavy atom. The summed E-state index contributed by atoms with van der Waals surface area (Å²) >= 11 is 0. The van der Waals surface area contributed by atoms with Gasteiger partial charge in [-0.1, -0.05) is 0 Å². The Morgan fingerprint density at radius 3 is 2.59 bits per heavy atom. The van der Waals surface area contributed by atoms with Crippen LogP contribution < -0.4 is 10.6 Å². The third-order valence-corrected chi connectivity index (χ3v) is 8.02. The summed E-state index contributed by atoms with van der Waals surface area (Å²) in [6, 6.07) is 9.78. The molecule has 5 rings (SSSR count). The first-order valence-electron chi connectivity index (χ1n) is 15.0. The third-order valence-electron chi connectivity index (χ3n) is 8.02. The van der Waals surface area contributed by atoms with Crippen molar-refractivity contribution in [1.82, 2.24) is 25.0 Å². The second kappa shape index (κ2) is 13.3. The number of carbonyl (C=O) groups excluding carboxylic acids is 4. The van der Waals surface area contributed by atoms with Gasteiger partial charge in [-0.15, -0.1) is 0 Å². The van der Waals surface area contributed by atoms with Crippen LogP contribution in [0.1, 0.15) is 65.6 Å². The number of benzene rings is 1. The minimum absolute atomic E-state index is 0.0184. The standard InChI is InChI=1S/C32H39N7O5/c1-20-8-7-15-39(20)28(40)19-38-14-6-5-9-26(31(38)43)35-32(34-24-11-13-27-23(17-24)16-21(2)44-27)36-29(41)22-10-12-25(33-18-22)30(42)37(3)4/h10-13,16-18,20,26H,5-9,14-15,19H2,1-4H3,(H2,34,35,36,41). The molecule has 12 nitrogen and oxygen atoms in total. The van der Waals surface area contributed by atoms with E-state index in [2.05, 4.69) is 15.6 Å². The smallest absolute Gasteiger partial charge is 0.271 e. The first kappa shape index (κ1) is 30.7. The number of nitrogens with zero attached hydrogens (tertiary/aromatic N) is 5. The van der Waals surface area contributed by atoms with Gasteiger partial charge in [-0.05, 0) is 82.3 Å². The highest BCUT2D eigenvalue weighted by Gasteiger charge is 2.32. The SMILES string of the molecule is Cc1cc2cc(NC(=NC3CCCCN(CC(=O)N4CCCC4C)C3=O)NC(=O)c3ccc(C(=O)N(C)C)nc3)ccc2o1. The number of pyridine rings is 1. The molecular formula is C32H39N7O5. The second-order valence-corrected chi connectivity index (χ2v) is 11.6. The maximum atomic E-state index is 13.7. The van der Waals surface area contributed by atoms with Gasteiger partial charge in [-0.25, -0.2) is 4.99 Å². The van der Waals surface area contributed by atoms with Gasteiger partial charge in [0, 0.05) is 50.5 Å². The van der Waals surface area contributed by atoms with Gasteiger partial charge >= 0.3 is 0 Å². The number of aliphatic imine (C=N–C) groups is 1. The molecule has 2 unspecified atom stereocenters. The zero-order chi connectivity index (χ0) is 31.4. The van der Waals surface area contributed by atoms with Crippen molar-refractivity contribution in [3.8, 4) is 0 Å². The predicted octanol–water partition coefficient (Wildman–Crippen LogP) is 3.43. The number of carbonyl (C=O) groups is 4. The lowest BCUT2D eigenvalue weighted by Gasteiger charge is -2.27. The quantitative estimate of drug-likeness (QED) is 0.326. The van der Waals surface area contributed by atoms with Gasteiger partial charge in [0.25, 0.3) is 11.8 Å². The minimum atomic E-state index is -0.790. The van der Waals surface area contributed by atoms with Gasteiger partial charge < -0.3 is 24.4 Å². The summed E-state index contributed by atoms with van der Waals surface area (Å²) in [5, 5.41) is 6.84. The molecule has 1 aromatic carbocycles. The van der Waals surface area contributed by atoms with E-state index >= 15 is 0 Å². The summed E-state index contributed by atoms with van der Waals surface area (Å²) in [6.45, 7) is 5.11. The van der Waals surface area contributed by atoms with Gasteiger partial charge in [0.2, 0.25) is 17.8 Å². The van der Waals surface area contributed by atoms with Crippen molar-refractivity contribution in [3.63, 3.8) is 0 Å². The number of hydrogen-bond donors (Lipinski definition) is 2. The number of aryl methyl sites for hydroxylation is 1. The van der Waals surface area contributed by atoms with Crippen molar-refractivity contribution in [2.24, 2.45) is 4.99 Å². The number of hydrogen-bond acceptors (Lipinski definition) is 7. The Kier molecular flexibility index (Phi) is 9.26. The molecule has 0 bridgehead atoms. The Hall–Kier alpha value is -4.74. The molecule has 232 valence electrons. The zero-order valence-electron chi connectivity index (χ0n) is 25.6. The summed E-state index contributed by atoms with van der Waals surface area (Å²) in [6.07, 6.45) is 5.25. The van der Waals surface area contributed by atoms with Crippen molar-refractivity contribution in [2.45, 2.75) is 58.0 Å². The third kappa shape index (κ3) is 7.07. The molecule has 4 heterocycles. The molecule has 0 saturated carbocycles. The molecular weight excluding hydrogens is 562 g/mol. The van der Waals surface area contributed by atoms with Crippen molar-refractivity contribution in [1.29, 1.82) is 0 Å². The lowest BCUT2D eigenvalue weighted by molar-refractivity contribution is -0.141. The lowest BCUT2D eigenvalue weighted by Crippen LogP contribution is -2.47. The number of nitrogens with one attached hydrogen (secondary N) is 2. The molecule has 2 aliphatic heterocycles. The fourth-order valence-electron chi connectivity index (χ4n) is 5.63. The fraction of sp³-hybridized carbons (Fsp3) is 0.438. The van der Waals surface area contributed by atoms with E-state index in [4.69, 9.17) is 9.41 Å². The molecule has 0 aliphatic carbocycles. The first-order chi connectivity index (χ1) is 21.1. The van der Waals surface area contributed by atoms with Crippen LogP contribution >= 0.6 is 0 Å². The van der Waals surface area contributed by atoms with Gasteiger partial charge in [0.05, 0.1) is 12.1 Å². The molecule has 2 N–H and O–H groups in total. The van der Waals surface area contributed by atoms with Crippen molar-refractivity contribution in [2.75, 3.05) is 39.0 Å².